The van der Waals surface area contributed by atoms with Crippen LogP contribution in [0.3, 0.4) is 0 Å². The van der Waals surface area contributed by atoms with E-state index in [9.17, 15) is 0 Å². The van der Waals surface area contributed by atoms with Gasteiger partial charge in [0.15, 0.2) is 0 Å². The number of aromatic nitrogens is 1. The molecule has 0 radical (unpaired) electrons. The van der Waals surface area contributed by atoms with E-state index in [1.807, 2.05) is 12.4 Å². The highest BCUT2D eigenvalue weighted by Crippen LogP contribution is 2.25. The van der Waals surface area contributed by atoms with Gasteiger partial charge in [0, 0.05) is 18.4 Å². The van der Waals surface area contributed by atoms with Crippen LogP contribution in [0.2, 0.25) is 0 Å². The third-order valence-corrected chi connectivity index (χ3v) is 3.66. The van der Waals surface area contributed by atoms with Gasteiger partial charge in [-0.25, -0.2) is 0 Å². The van der Waals surface area contributed by atoms with Crippen LogP contribution < -0.4 is 5.32 Å². The van der Waals surface area contributed by atoms with Gasteiger partial charge < -0.3 is 5.32 Å². The van der Waals surface area contributed by atoms with Crippen molar-refractivity contribution in [2.24, 2.45) is 5.92 Å². The summed E-state index contributed by atoms with van der Waals surface area (Å²) >= 11 is 0. The molecule has 0 saturated heterocycles. The molecule has 17 heavy (non-hydrogen) atoms. The van der Waals surface area contributed by atoms with Gasteiger partial charge in [-0.3, -0.25) is 4.98 Å². The highest BCUT2D eigenvalue weighted by molar-refractivity contribution is 5.17. The summed E-state index contributed by atoms with van der Waals surface area (Å²) in [4.78, 5) is 4.09. The summed E-state index contributed by atoms with van der Waals surface area (Å²) in [5.41, 5.74) is 1.38. The molecule has 0 spiro atoms. The summed E-state index contributed by atoms with van der Waals surface area (Å²) in [6.07, 6.45) is 6.19. The van der Waals surface area contributed by atoms with Gasteiger partial charge in [0.25, 0.3) is 0 Å². The molecule has 0 bridgehead atoms. The van der Waals surface area contributed by atoms with Gasteiger partial charge in [-0.1, -0.05) is 34.1 Å². The van der Waals surface area contributed by atoms with Gasteiger partial charge in [0.05, 0.1) is 0 Å². The molecule has 1 aromatic rings. The first-order valence-corrected chi connectivity index (χ1v) is 6.84. The Morgan fingerprint density at radius 3 is 2.35 bits per heavy atom. The molecule has 0 amide bonds. The van der Waals surface area contributed by atoms with Crippen LogP contribution in [0.25, 0.3) is 0 Å². The molecule has 0 saturated carbocycles. The quantitative estimate of drug-likeness (QED) is 0.779. The van der Waals surface area contributed by atoms with Gasteiger partial charge in [-0.05, 0) is 42.5 Å². The largest absolute Gasteiger partial charge is 0.313 e. The Morgan fingerprint density at radius 1 is 1.18 bits per heavy atom. The van der Waals surface area contributed by atoms with Gasteiger partial charge in [-0.2, -0.15) is 0 Å². The second kappa shape index (κ2) is 7.44. The summed E-state index contributed by atoms with van der Waals surface area (Å²) in [6.45, 7) is 10.2. The third-order valence-electron chi connectivity index (χ3n) is 3.66. The maximum atomic E-state index is 4.09. The van der Waals surface area contributed by atoms with Crippen LogP contribution in [0.5, 0.6) is 0 Å². The number of pyridine rings is 1. The lowest BCUT2D eigenvalue weighted by atomic mass is 9.84. The second-order valence-corrected chi connectivity index (χ2v) is 4.93. The molecule has 1 heterocycles. The molecule has 96 valence electrons. The van der Waals surface area contributed by atoms with Crippen molar-refractivity contribution in [1.29, 1.82) is 0 Å². The first kappa shape index (κ1) is 14.2. The first-order chi connectivity index (χ1) is 8.20. The number of nitrogens with one attached hydrogen (secondary N) is 1. The summed E-state index contributed by atoms with van der Waals surface area (Å²) in [5.74, 6) is 1.24. The van der Waals surface area contributed by atoms with Crippen molar-refractivity contribution >= 4 is 0 Å². The molecule has 2 heteroatoms. The molecule has 0 aliphatic rings. The summed E-state index contributed by atoms with van der Waals surface area (Å²) in [6, 6.07) is 4.82. The van der Waals surface area contributed by atoms with Crippen LogP contribution in [0.4, 0.5) is 0 Å². The van der Waals surface area contributed by atoms with E-state index in [1.54, 1.807) is 0 Å². The maximum absolute atomic E-state index is 4.09. The number of nitrogens with zero attached hydrogens (tertiary/aromatic N) is 1. The molecule has 0 aliphatic heterocycles. The van der Waals surface area contributed by atoms with Crippen molar-refractivity contribution in [3.63, 3.8) is 0 Å². The Labute approximate surface area is 106 Å². The normalized spacial score (nSPS) is 16.5. The lowest BCUT2D eigenvalue weighted by Gasteiger charge is -2.30. The minimum Gasteiger partial charge on any atom is -0.313 e. The van der Waals surface area contributed by atoms with Gasteiger partial charge in [-0.15, -0.1) is 0 Å². The molecule has 3 atom stereocenters. The molecule has 2 nitrogen and oxygen atoms in total. The highest BCUT2D eigenvalue weighted by atomic mass is 14.9. The molecule has 0 aromatic carbocycles. The average Bonchev–Trinajstić information content (AvgIpc) is 2.39. The fourth-order valence-corrected chi connectivity index (χ4v) is 2.31. The van der Waals surface area contributed by atoms with E-state index < -0.39 is 0 Å². The number of rotatable bonds is 7. The fraction of sp³-hybridized carbons (Fsp3) is 0.667. The van der Waals surface area contributed by atoms with E-state index >= 15 is 0 Å². The molecular weight excluding hydrogens is 208 g/mol. The Kier molecular flexibility index (Phi) is 6.20. The van der Waals surface area contributed by atoms with Crippen LogP contribution >= 0.6 is 0 Å². The number of hydrogen-bond donors (Lipinski definition) is 1. The molecule has 0 aliphatic carbocycles. The van der Waals surface area contributed by atoms with Crippen molar-refractivity contribution in [1.82, 2.24) is 10.3 Å². The van der Waals surface area contributed by atoms with Crippen LogP contribution in [0.15, 0.2) is 24.5 Å². The molecular formula is C15H26N2. The monoisotopic (exact) mass is 234 g/mol. The van der Waals surface area contributed by atoms with E-state index in [0.717, 1.165) is 6.54 Å². The SMILES string of the molecule is CCCNC(C(C)CC)C(C)c1ccncc1. The predicted molar refractivity (Wildman–Crippen MR) is 74.2 cm³/mol. The van der Waals surface area contributed by atoms with E-state index in [2.05, 4.69) is 50.1 Å². The third kappa shape index (κ3) is 4.12. The number of hydrogen-bond acceptors (Lipinski definition) is 2. The maximum Gasteiger partial charge on any atom is 0.0270 e. The van der Waals surface area contributed by atoms with Crippen LogP contribution in [-0.2, 0) is 0 Å². The van der Waals surface area contributed by atoms with E-state index in [4.69, 9.17) is 0 Å². The van der Waals surface area contributed by atoms with Crippen LogP contribution in [-0.4, -0.2) is 17.6 Å². The fourth-order valence-electron chi connectivity index (χ4n) is 2.31. The lowest BCUT2D eigenvalue weighted by Crippen LogP contribution is -2.39. The van der Waals surface area contributed by atoms with Crippen molar-refractivity contribution in [3.8, 4) is 0 Å². The smallest absolute Gasteiger partial charge is 0.0270 e. The van der Waals surface area contributed by atoms with Crippen LogP contribution in [0, 0.1) is 5.92 Å². The molecule has 0 fully saturated rings. The Bertz CT molecular complexity index is 297. The summed E-state index contributed by atoms with van der Waals surface area (Å²) in [7, 11) is 0. The topological polar surface area (TPSA) is 24.9 Å². The molecule has 3 unspecified atom stereocenters. The lowest BCUT2D eigenvalue weighted by molar-refractivity contribution is 0.327. The second-order valence-electron chi connectivity index (χ2n) is 4.93. The van der Waals surface area contributed by atoms with Crippen LogP contribution in [0.1, 0.15) is 52.0 Å². The van der Waals surface area contributed by atoms with E-state index in [0.29, 0.717) is 17.9 Å². The van der Waals surface area contributed by atoms with Crippen molar-refractivity contribution < 1.29 is 0 Å². The highest BCUT2D eigenvalue weighted by Gasteiger charge is 2.22. The molecule has 1 rings (SSSR count). The minimum atomic E-state index is 0.541. The summed E-state index contributed by atoms with van der Waals surface area (Å²) < 4.78 is 0. The zero-order valence-electron chi connectivity index (χ0n) is 11.6. The van der Waals surface area contributed by atoms with E-state index in [1.165, 1.54) is 18.4 Å². The van der Waals surface area contributed by atoms with Gasteiger partial charge in [0.1, 0.15) is 0 Å². The summed E-state index contributed by atoms with van der Waals surface area (Å²) in [5, 5.41) is 3.70. The zero-order chi connectivity index (χ0) is 12.7. The van der Waals surface area contributed by atoms with Gasteiger partial charge in [0.2, 0.25) is 0 Å². The Morgan fingerprint density at radius 2 is 1.82 bits per heavy atom. The van der Waals surface area contributed by atoms with Crippen molar-refractivity contribution in [2.75, 3.05) is 6.54 Å². The first-order valence-electron chi connectivity index (χ1n) is 6.84. The zero-order valence-corrected chi connectivity index (χ0v) is 11.6. The predicted octanol–water partition coefficient (Wildman–Crippen LogP) is 3.60. The average molecular weight is 234 g/mol. The standard InChI is InChI=1S/C15H26N2/c1-5-9-17-15(12(3)6-2)13(4)14-7-10-16-11-8-14/h7-8,10-13,15,17H,5-6,9H2,1-4H3. The van der Waals surface area contributed by atoms with Crippen molar-refractivity contribution in [3.05, 3.63) is 30.1 Å². The van der Waals surface area contributed by atoms with Crippen molar-refractivity contribution in [2.45, 2.75) is 52.5 Å². The Hall–Kier alpha value is -0.890. The van der Waals surface area contributed by atoms with E-state index in [-0.39, 0.29) is 0 Å². The molecule has 1 aromatic heterocycles. The minimum absolute atomic E-state index is 0.541. The van der Waals surface area contributed by atoms with Gasteiger partial charge >= 0.3 is 0 Å². The Balaban J connectivity index is 2.75. The molecule has 1 N–H and O–H groups in total.